The van der Waals surface area contributed by atoms with Gasteiger partial charge in [0.15, 0.2) is 0 Å². The number of carbonyl (C=O) groups excluding carboxylic acids is 1. The fraction of sp³-hybridized carbons (Fsp3) is 0.111. The third kappa shape index (κ3) is 5.45. The molecule has 3 nitrogen and oxygen atoms in total. The van der Waals surface area contributed by atoms with Gasteiger partial charge < -0.3 is 5.32 Å². The molecule has 3 aromatic rings. The van der Waals surface area contributed by atoms with Crippen molar-refractivity contribution in [1.29, 1.82) is 0 Å². The highest BCUT2D eigenvalue weighted by Crippen LogP contribution is 2.27. The Morgan fingerprint density at radius 1 is 1.23 bits per heavy atom. The molecule has 0 aliphatic heterocycles. The van der Waals surface area contributed by atoms with E-state index in [0.717, 1.165) is 15.7 Å². The maximum atomic E-state index is 13.1. The van der Waals surface area contributed by atoms with E-state index in [2.05, 4.69) is 10.3 Å². The monoisotopic (exact) mass is 426 g/mol. The van der Waals surface area contributed by atoms with Gasteiger partial charge in [-0.15, -0.1) is 11.3 Å². The van der Waals surface area contributed by atoms with Crippen molar-refractivity contribution in [2.24, 2.45) is 0 Å². The Morgan fingerprint density at radius 3 is 2.85 bits per heavy atom. The number of benzene rings is 2. The summed E-state index contributed by atoms with van der Waals surface area (Å²) in [6.45, 7) is 0. The number of hydrogen-bond donors (Lipinski definition) is 1. The lowest BCUT2D eigenvalue weighted by atomic mass is 10.2. The number of amides is 1. The van der Waals surface area contributed by atoms with Crippen LogP contribution < -0.4 is 5.32 Å². The molecule has 1 aromatic heterocycles. The average molecular weight is 427 g/mol. The first-order valence-electron chi connectivity index (χ1n) is 7.56. The molecule has 0 unspecified atom stereocenters. The topological polar surface area (TPSA) is 42.0 Å². The third-order valence-electron chi connectivity index (χ3n) is 3.33. The first kappa shape index (κ1) is 19.2. The molecule has 0 atom stereocenters. The van der Waals surface area contributed by atoms with Crippen molar-refractivity contribution >= 4 is 57.9 Å². The molecule has 3 rings (SSSR count). The minimum absolute atomic E-state index is 0.0313. The number of aromatic nitrogens is 1. The van der Waals surface area contributed by atoms with E-state index in [1.807, 2.05) is 29.6 Å². The molecular formula is C18H13Cl2FN2OS2. The van der Waals surface area contributed by atoms with Gasteiger partial charge in [0.25, 0.3) is 0 Å². The Bertz CT molecular complexity index is 933. The van der Waals surface area contributed by atoms with Gasteiger partial charge in [0, 0.05) is 21.8 Å². The van der Waals surface area contributed by atoms with Crippen molar-refractivity contribution in [3.63, 3.8) is 0 Å². The molecule has 0 bridgehead atoms. The highest BCUT2D eigenvalue weighted by molar-refractivity contribution is 8.00. The average Bonchev–Trinajstić information content (AvgIpc) is 3.04. The first-order chi connectivity index (χ1) is 12.5. The number of carbonyl (C=O) groups is 1. The van der Waals surface area contributed by atoms with Gasteiger partial charge in [-0.1, -0.05) is 47.1 Å². The quantitative estimate of drug-likeness (QED) is 0.486. The van der Waals surface area contributed by atoms with Crippen LogP contribution in [0.1, 0.15) is 11.3 Å². The maximum Gasteiger partial charge on any atom is 0.230 e. The lowest BCUT2D eigenvalue weighted by Gasteiger charge is -2.04. The van der Waals surface area contributed by atoms with E-state index in [4.69, 9.17) is 23.2 Å². The molecule has 26 heavy (non-hydrogen) atoms. The molecule has 1 N–H and O–H groups in total. The van der Waals surface area contributed by atoms with Crippen LogP contribution >= 0.6 is 46.3 Å². The molecule has 0 spiro atoms. The summed E-state index contributed by atoms with van der Waals surface area (Å²) in [5.41, 5.74) is 2.26. The summed E-state index contributed by atoms with van der Waals surface area (Å²) in [5.74, 6) is 0.00301. The number of anilines is 1. The number of rotatable bonds is 6. The van der Waals surface area contributed by atoms with E-state index in [1.165, 1.54) is 29.5 Å². The fourth-order valence-electron chi connectivity index (χ4n) is 2.15. The minimum atomic E-state index is -0.523. The molecule has 1 heterocycles. The fourth-order valence-corrected chi connectivity index (χ4v) is 4.33. The molecule has 134 valence electrons. The second-order valence-electron chi connectivity index (χ2n) is 5.38. The second kappa shape index (κ2) is 8.86. The number of nitrogens with zero attached hydrogens (tertiary/aromatic N) is 1. The number of halogens is 3. The molecule has 0 radical (unpaired) electrons. The maximum absolute atomic E-state index is 13.1. The van der Waals surface area contributed by atoms with Gasteiger partial charge in [-0.25, -0.2) is 9.37 Å². The standard InChI is InChI=1S/C18H13Cl2FN2OS2/c19-12-3-1-2-11(6-12)9-25-18-23-14(10-26-18)8-17(24)22-13-4-5-16(21)15(20)7-13/h1-7,10H,8-9H2,(H,22,24). The molecule has 0 saturated heterocycles. The Balaban J connectivity index is 1.54. The predicted octanol–water partition coefficient (Wildman–Crippen LogP) is 6.06. The van der Waals surface area contributed by atoms with Crippen LogP contribution in [0.15, 0.2) is 52.2 Å². The number of nitrogens with one attached hydrogen (secondary N) is 1. The van der Waals surface area contributed by atoms with Crippen LogP contribution in [0, 0.1) is 5.82 Å². The number of thioether (sulfide) groups is 1. The van der Waals surface area contributed by atoms with Crippen molar-refractivity contribution in [1.82, 2.24) is 4.98 Å². The van der Waals surface area contributed by atoms with Gasteiger partial charge >= 0.3 is 0 Å². The third-order valence-corrected chi connectivity index (χ3v) is 5.99. The lowest BCUT2D eigenvalue weighted by molar-refractivity contribution is -0.115. The molecular weight excluding hydrogens is 414 g/mol. The van der Waals surface area contributed by atoms with Crippen molar-refractivity contribution in [3.05, 3.63) is 75.0 Å². The lowest BCUT2D eigenvalue weighted by Crippen LogP contribution is -2.14. The Kier molecular flexibility index (Phi) is 6.53. The van der Waals surface area contributed by atoms with E-state index in [9.17, 15) is 9.18 Å². The molecule has 0 aliphatic carbocycles. The summed E-state index contributed by atoms with van der Waals surface area (Å²) in [7, 11) is 0. The van der Waals surface area contributed by atoms with Gasteiger partial charge in [0.05, 0.1) is 17.1 Å². The Morgan fingerprint density at radius 2 is 2.08 bits per heavy atom. The van der Waals surface area contributed by atoms with Crippen LogP contribution in [0.4, 0.5) is 10.1 Å². The normalized spacial score (nSPS) is 10.7. The SMILES string of the molecule is O=C(Cc1csc(SCc2cccc(Cl)c2)n1)Nc1ccc(F)c(Cl)c1. The summed E-state index contributed by atoms with van der Waals surface area (Å²) in [4.78, 5) is 16.6. The molecule has 8 heteroatoms. The van der Waals surface area contributed by atoms with Crippen LogP contribution in [0.5, 0.6) is 0 Å². The van der Waals surface area contributed by atoms with Crippen LogP contribution in [0.25, 0.3) is 0 Å². The largest absolute Gasteiger partial charge is 0.326 e. The smallest absolute Gasteiger partial charge is 0.230 e. The van der Waals surface area contributed by atoms with Crippen molar-refractivity contribution in [2.45, 2.75) is 16.5 Å². The van der Waals surface area contributed by atoms with Crippen LogP contribution in [-0.4, -0.2) is 10.9 Å². The van der Waals surface area contributed by atoms with Crippen molar-refractivity contribution < 1.29 is 9.18 Å². The summed E-state index contributed by atoms with van der Waals surface area (Å²) in [6, 6.07) is 11.7. The van der Waals surface area contributed by atoms with Gasteiger partial charge in [-0.05, 0) is 35.9 Å². The van der Waals surface area contributed by atoms with Crippen molar-refractivity contribution in [3.8, 4) is 0 Å². The van der Waals surface area contributed by atoms with E-state index >= 15 is 0 Å². The number of hydrogen-bond acceptors (Lipinski definition) is 4. The molecule has 0 aliphatic rings. The zero-order valence-electron chi connectivity index (χ0n) is 13.3. The van der Waals surface area contributed by atoms with E-state index in [-0.39, 0.29) is 17.4 Å². The van der Waals surface area contributed by atoms with Crippen molar-refractivity contribution in [2.75, 3.05) is 5.32 Å². The first-order valence-corrected chi connectivity index (χ1v) is 10.2. The highest BCUT2D eigenvalue weighted by Gasteiger charge is 2.10. The molecule has 0 fully saturated rings. The van der Waals surface area contributed by atoms with Gasteiger partial charge in [-0.2, -0.15) is 0 Å². The molecule has 2 aromatic carbocycles. The van der Waals surface area contributed by atoms with E-state index in [1.54, 1.807) is 11.8 Å². The van der Waals surface area contributed by atoms with Gasteiger partial charge in [0.1, 0.15) is 10.2 Å². The Labute approximate surface area is 168 Å². The van der Waals surface area contributed by atoms with Crippen LogP contribution in [0.2, 0.25) is 10.0 Å². The summed E-state index contributed by atoms with van der Waals surface area (Å²) < 4.78 is 14.0. The summed E-state index contributed by atoms with van der Waals surface area (Å²) >= 11 is 14.8. The summed E-state index contributed by atoms with van der Waals surface area (Å²) in [6.07, 6.45) is 0.142. The van der Waals surface area contributed by atoms with Gasteiger partial charge in [-0.3, -0.25) is 4.79 Å². The second-order valence-corrected chi connectivity index (χ2v) is 8.30. The van der Waals surface area contributed by atoms with E-state index < -0.39 is 5.82 Å². The van der Waals surface area contributed by atoms with Crippen LogP contribution in [0.3, 0.4) is 0 Å². The minimum Gasteiger partial charge on any atom is -0.326 e. The number of thiazole rings is 1. The zero-order valence-corrected chi connectivity index (χ0v) is 16.5. The zero-order chi connectivity index (χ0) is 18.5. The highest BCUT2D eigenvalue weighted by atomic mass is 35.5. The molecule has 0 saturated carbocycles. The van der Waals surface area contributed by atoms with Crippen LogP contribution in [-0.2, 0) is 17.0 Å². The summed E-state index contributed by atoms with van der Waals surface area (Å²) in [5, 5.41) is 5.22. The van der Waals surface area contributed by atoms with E-state index in [0.29, 0.717) is 16.4 Å². The van der Waals surface area contributed by atoms with Gasteiger partial charge in [0.2, 0.25) is 5.91 Å². The predicted molar refractivity (Wildman–Crippen MR) is 107 cm³/mol. The molecule has 1 amide bonds. The Hall–Kier alpha value is -1.60.